The number of hydrogen-bond donors (Lipinski definition) is 4. The van der Waals surface area contributed by atoms with Gasteiger partial charge in [-0.2, -0.15) is 0 Å². The topological polar surface area (TPSA) is 178 Å². The Morgan fingerprint density at radius 3 is 2.76 bits per heavy atom. The molecule has 5 N–H and O–H groups in total. The molecule has 222 valence electrons. The average molecular weight is 572 g/mol. The molecule has 41 heavy (non-hydrogen) atoms. The minimum absolute atomic E-state index is 0.0307. The zero-order valence-electron chi connectivity index (χ0n) is 23.5. The second kappa shape index (κ2) is 10.7. The summed E-state index contributed by atoms with van der Waals surface area (Å²) in [7, 11) is 2.02. The third-order valence-corrected chi connectivity index (χ3v) is 9.06. The first-order chi connectivity index (χ1) is 19.4. The predicted molar refractivity (Wildman–Crippen MR) is 144 cm³/mol. The number of nitrogens with zero attached hydrogens (tertiary/aromatic N) is 1. The van der Waals surface area contributed by atoms with E-state index in [0.29, 0.717) is 25.0 Å². The van der Waals surface area contributed by atoms with Crippen LogP contribution < -0.4 is 15.8 Å². The number of likely N-dealkylation sites (N-methyl/N-ethyl adjacent to an activating group) is 1. The number of nitrogens with two attached hydrogens (primary N) is 1. The summed E-state index contributed by atoms with van der Waals surface area (Å²) in [5, 5.41) is 23.4. The minimum atomic E-state index is -1.23. The van der Waals surface area contributed by atoms with Gasteiger partial charge in [0.2, 0.25) is 5.91 Å². The molecule has 1 fully saturated rings. The SMILES string of the molecule is Cc1ccc2c3c1O[C@H]1C(OC(=O)[C@H](C)OC(=O)CCNC(=O)[C@@H](N)CCC(=O)O)=CC[C@@]4(O)[C@@H](C2)N(C)CC[C@]314. The lowest BCUT2D eigenvalue weighted by atomic mass is 9.50. The van der Waals surface area contributed by atoms with Crippen molar-refractivity contribution < 1.29 is 43.6 Å². The van der Waals surface area contributed by atoms with Crippen molar-refractivity contribution in [2.45, 2.75) is 87.7 Å². The third-order valence-electron chi connectivity index (χ3n) is 9.06. The number of esters is 2. The minimum Gasteiger partial charge on any atom is -0.481 e. The number of rotatable bonds is 10. The summed E-state index contributed by atoms with van der Waals surface area (Å²) in [5.74, 6) is -2.10. The van der Waals surface area contributed by atoms with Crippen LogP contribution in [0, 0.1) is 6.92 Å². The van der Waals surface area contributed by atoms with Crippen LogP contribution >= 0.6 is 0 Å². The molecular weight excluding hydrogens is 534 g/mol. The van der Waals surface area contributed by atoms with Crippen molar-refractivity contribution in [2.24, 2.45) is 5.73 Å². The van der Waals surface area contributed by atoms with Gasteiger partial charge < -0.3 is 40.4 Å². The number of ether oxygens (including phenoxy) is 3. The summed E-state index contributed by atoms with van der Waals surface area (Å²) in [5.41, 5.74) is 6.90. The molecule has 0 aromatic heterocycles. The number of aliphatic hydroxyl groups is 1. The summed E-state index contributed by atoms with van der Waals surface area (Å²) < 4.78 is 17.5. The van der Waals surface area contributed by atoms with E-state index in [-0.39, 0.29) is 31.8 Å². The number of carboxylic acids is 1. The van der Waals surface area contributed by atoms with Crippen molar-refractivity contribution in [2.75, 3.05) is 20.1 Å². The molecule has 2 bridgehead atoms. The smallest absolute Gasteiger partial charge is 0.352 e. The highest BCUT2D eigenvalue weighted by molar-refractivity contribution is 5.83. The van der Waals surface area contributed by atoms with Crippen LogP contribution in [0.2, 0.25) is 0 Å². The van der Waals surface area contributed by atoms with E-state index < -0.39 is 53.1 Å². The van der Waals surface area contributed by atoms with E-state index in [4.69, 9.17) is 25.1 Å². The number of piperidine rings is 1. The normalized spacial score (nSPS) is 28.9. The molecule has 1 saturated heterocycles. The Balaban J connectivity index is 1.23. The molecule has 2 heterocycles. The molecule has 0 saturated carbocycles. The molecule has 12 nitrogen and oxygen atoms in total. The average Bonchev–Trinajstić information content (AvgIpc) is 3.28. The van der Waals surface area contributed by atoms with Gasteiger partial charge in [-0.1, -0.05) is 12.1 Å². The van der Waals surface area contributed by atoms with Crippen LogP contribution in [0.1, 0.15) is 55.7 Å². The third kappa shape index (κ3) is 4.77. The summed E-state index contributed by atoms with van der Waals surface area (Å²) in [6, 6.07) is 3.00. The molecular formula is C29H37N3O9. The van der Waals surface area contributed by atoms with Crippen molar-refractivity contribution in [1.29, 1.82) is 0 Å². The predicted octanol–water partition coefficient (Wildman–Crippen LogP) is 0.446. The number of likely N-dealkylation sites (tertiary alicyclic amines) is 1. The number of carboxylic acid groups (broad SMARTS) is 1. The summed E-state index contributed by atoms with van der Waals surface area (Å²) in [6.45, 7) is 4.04. The van der Waals surface area contributed by atoms with Crippen molar-refractivity contribution in [3.63, 3.8) is 0 Å². The molecule has 2 aliphatic heterocycles. The van der Waals surface area contributed by atoms with Crippen LogP contribution in [0.15, 0.2) is 24.0 Å². The van der Waals surface area contributed by atoms with E-state index in [0.717, 1.165) is 29.0 Å². The fourth-order valence-electron chi connectivity index (χ4n) is 6.92. The van der Waals surface area contributed by atoms with Crippen LogP contribution in [0.3, 0.4) is 0 Å². The van der Waals surface area contributed by atoms with Crippen molar-refractivity contribution in [3.8, 4) is 5.75 Å². The second-order valence-electron chi connectivity index (χ2n) is 11.5. The lowest BCUT2D eigenvalue weighted by Gasteiger charge is -2.61. The van der Waals surface area contributed by atoms with Gasteiger partial charge in [0.15, 0.2) is 12.2 Å². The summed E-state index contributed by atoms with van der Waals surface area (Å²) in [6.07, 6.45) is 0.935. The van der Waals surface area contributed by atoms with Gasteiger partial charge in [-0.25, -0.2) is 4.79 Å². The summed E-state index contributed by atoms with van der Waals surface area (Å²) >= 11 is 0. The number of benzene rings is 1. The van der Waals surface area contributed by atoms with E-state index in [1.165, 1.54) is 6.92 Å². The number of aryl methyl sites for hydroxylation is 1. The van der Waals surface area contributed by atoms with Crippen molar-refractivity contribution in [1.82, 2.24) is 10.2 Å². The van der Waals surface area contributed by atoms with E-state index in [1.54, 1.807) is 6.08 Å². The van der Waals surface area contributed by atoms with Gasteiger partial charge >= 0.3 is 17.9 Å². The monoisotopic (exact) mass is 571 g/mol. The largest absolute Gasteiger partial charge is 0.481 e. The Morgan fingerprint density at radius 2 is 2.02 bits per heavy atom. The Labute approximate surface area is 237 Å². The standard InChI is InChI=1S/C29H37N3O9/c1-15-4-5-17-14-20-29(38)10-8-19(25-28(29,11-13-32(20)3)23(17)24(15)41-25)40-27(37)16(2)39-22(35)9-12-31-26(36)18(30)6-7-21(33)34/h4-5,8,16,18,20,25,38H,6-7,9-14,30H2,1-3H3,(H,31,36)(H,33,34)/t16-,18-,20+,25-,28-,29+/m0/s1. The molecule has 0 radical (unpaired) electrons. The Kier molecular flexibility index (Phi) is 7.60. The van der Waals surface area contributed by atoms with Gasteiger partial charge in [-0.15, -0.1) is 0 Å². The van der Waals surface area contributed by atoms with Gasteiger partial charge in [0.25, 0.3) is 0 Å². The fourth-order valence-corrected chi connectivity index (χ4v) is 6.92. The van der Waals surface area contributed by atoms with Crippen LogP contribution in [0.5, 0.6) is 5.75 Å². The maximum atomic E-state index is 13.0. The highest BCUT2D eigenvalue weighted by atomic mass is 16.6. The quantitative estimate of drug-likeness (QED) is 0.287. The first kappa shape index (κ1) is 29.0. The first-order valence-electron chi connectivity index (χ1n) is 14.0. The lowest BCUT2D eigenvalue weighted by Crippen LogP contribution is -2.74. The van der Waals surface area contributed by atoms with E-state index in [2.05, 4.69) is 16.3 Å². The van der Waals surface area contributed by atoms with Gasteiger partial charge in [0.05, 0.1) is 23.5 Å². The van der Waals surface area contributed by atoms with Gasteiger partial charge in [0.1, 0.15) is 11.5 Å². The summed E-state index contributed by atoms with van der Waals surface area (Å²) in [4.78, 5) is 50.1. The number of aliphatic carboxylic acids is 1. The fraction of sp³-hybridized carbons (Fsp3) is 0.586. The molecule has 1 aromatic carbocycles. The maximum Gasteiger partial charge on any atom is 0.352 e. The molecule has 1 amide bonds. The van der Waals surface area contributed by atoms with E-state index in [9.17, 15) is 24.3 Å². The molecule has 2 aliphatic carbocycles. The Hall–Kier alpha value is -3.48. The zero-order chi connectivity index (χ0) is 29.7. The molecule has 5 rings (SSSR count). The molecule has 0 unspecified atom stereocenters. The number of amides is 1. The van der Waals surface area contributed by atoms with Crippen LogP contribution in [-0.4, -0.2) is 89.0 Å². The van der Waals surface area contributed by atoms with Crippen LogP contribution in [0.4, 0.5) is 0 Å². The van der Waals surface area contributed by atoms with Crippen molar-refractivity contribution >= 4 is 23.8 Å². The van der Waals surface area contributed by atoms with Crippen LogP contribution in [0.25, 0.3) is 0 Å². The Morgan fingerprint density at radius 1 is 1.27 bits per heavy atom. The second-order valence-corrected chi connectivity index (χ2v) is 11.5. The number of carbonyl (C=O) groups is 4. The Bertz CT molecular complexity index is 1310. The molecule has 6 atom stereocenters. The van der Waals surface area contributed by atoms with Gasteiger partial charge in [0, 0.05) is 31.0 Å². The molecule has 4 aliphatic rings. The number of carbonyl (C=O) groups excluding carboxylic acids is 3. The molecule has 1 aromatic rings. The van der Waals surface area contributed by atoms with Gasteiger partial charge in [-0.05, 0) is 63.9 Å². The highest BCUT2D eigenvalue weighted by Gasteiger charge is 2.71. The lowest BCUT2D eigenvalue weighted by molar-refractivity contribution is -0.175. The number of hydrogen-bond acceptors (Lipinski definition) is 10. The number of nitrogens with one attached hydrogen (secondary N) is 1. The van der Waals surface area contributed by atoms with Crippen molar-refractivity contribution in [3.05, 3.63) is 40.7 Å². The zero-order valence-corrected chi connectivity index (χ0v) is 23.5. The van der Waals surface area contributed by atoms with Crippen LogP contribution in [-0.2, 0) is 40.5 Å². The highest BCUT2D eigenvalue weighted by Crippen LogP contribution is 2.64. The maximum absolute atomic E-state index is 13.0. The molecule has 12 heteroatoms. The van der Waals surface area contributed by atoms with E-state index >= 15 is 0 Å². The van der Waals surface area contributed by atoms with E-state index in [1.807, 2.05) is 20.0 Å². The van der Waals surface area contributed by atoms with Gasteiger partial charge in [-0.3, -0.25) is 14.4 Å². The first-order valence-corrected chi connectivity index (χ1v) is 14.0. The molecule has 1 spiro atoms.